The standard InChI is InChI=1S/C21H28N4O4/c1-22-20(27)18-13-25(16-9-5-6-10-17(16)29-18)14-19(26)24-21(28)23-12-11-15-7-3-2-4-8-15/h5-7,9-10,18H,2-4,8,11-14H2,1H3,(H,22,27)(H2,23,24,26,28)/t18-/m1/s1. The molecule has 0 saturated carbocycles. The molecule has 3 rings (SSSR count). The number of hydrogen-bond donors (Lipinski definition) is 3. The van der Waals surface area contributed by atoms with Crippen LogP contribution in [0.25, 0.3) is 0 Å². The van der Waals surface area contributed by atoms with Crippen molar-refractivity contribution in [2.75, 3.05) is 31.6 Å². The Bertz CT molecular complexity index is 793. The van der Waals surface area contributed by atoms with Gasteiger partial charge in [-0.1, -0.05) is 23.8 Å². The Morgan fingerprint density at radius 3 is 2.79 bits per heavy atom. The van der Waals surface area contributed by atoms with Gasteiger partial charge in [0, 0.05) is 13.6 Å². The smallest absolute Gasteiger partial charge is 0.321 e. The number of likely N-dealkylation sites (N-methyl/N-ethyl adjacent to an activating group) is 1. The first kappa shape index (κ1) is 20.7. The predicted octanol–water partition coefficient (Wildman–Crippen LogP) is 1.72. The van der Waals surface area contributed by atoms with E-state index >= 15 is 0 Å². The van der Waals surface area contributed by atoms with Gasteiger partial charge in [-0.05, 0) is 44.2 Å². The third-order valence-electron chi connectivity index (χ3n) is 5.10. The maximum atomic E-state index is 12.4. The summed E-state index contributed by atoms with van der Waals surface area (Å²) >= 11 is 0. The lowest BCUT2D eigenvalue weighted by Crippen LogP contribution is -2.51. The monoisotopic (exact) mass is 400 g/mol. The molecule has 3 N–H and O–H groups in total. The summed E-state index contributed by atoms with van der Waals surface area (Å²) in [5.41, 5.74) is 2.08. The Labute approximate surface area is 170 Å². The van der Waals surface area contributed by atoms with Crippen molar-refractivity contribution < 1.29 is 19.1 Å². The van der Waals surface area contributed by atoms with Crippen LogP contribution in [0.15, 0.2) is 35.9 Å². The third kappa shape index (κ3) is 5.73. The molecule has 29 heavy (non-hydrogen) atoms. The van der Waals surface area contributed by atoms with Gasteiger partial charge in [0.1, 0.15) is 5.75 Å². The van der Waals surface area contributed by atoms with Crippen molar-refractivity contribution in [1.29, 1.82) is 0 Å². The highest BCUT2D eigenvalue weighted by Crippen LogP contribution is 2.32. The van der Waals surface area contributed by atoms with Crippen LogP contribution >= 0.6 is 0 Å². The number of rotatable bonds is 6. The maximum Gasteiger partial charge on any atom is 0.321 e. The van der Waals surface area contributed by atoms with Gasteiger partial charge in [0.25, 0.3) is 5.91 Å². The summed E-state index contributed by atoms with van der Waals surface area (Å²) in [6.45, 7) is 0.677. The predicted molar refractivity (Wildman–Crippen MR) is 110 cm³/mol. The number of benzene rings is 1. The van der Waals surface area contributed by atoms with Gasteiger partial charge < -0.3 is 20.3 Å². The first-order chi connectivity index (χ1) is 14.1. The van der Waals surface area contributed by atoms with Gasteiger partial charge in [-0.3, -0.25) is 14.9 Å². The summed E-state index contributed by atoms with van der Waals surface area (Å²) in [5, 5.41) is 7.66. The summed E-state index contributed by atoms with van der Waals surface area (Å²) in [7, 11) is 1.54. The van der Waals surface area contributed by atoms with Gasteiger partial charge in [-0.25, -0.2) is 4.79 Å². The van der Waals surface area contributed by atoms with Gasteiger partial charge in [0.05, 0.1) is 18.8 Å². The number of hydrogen-bond acceptors (Lipinski definition) is 5. The van der Waals surface area contributed by atoms with E-state index in [9.17, 15) is 14.4 Å². The van der Waals surface area contributed by atoms with Crippen LogP contribution in [0.1, 0.15) is 32.1 Å². The van der Waals surface area contributed by atoms with E-state index in [1.54, 1.807) is 17.0 Å². The van der Waals surface area contributed by atoms with Crippen molar-refractivity contribution in [1.82, 2.24) is 16.0 Å². The van der Waals surface area contributed by atoms with E-state index in [4.69, 9.17) is 4.74 Å². The van der Waals surface area contributed by atoms with Crippen molar-refractivity contribution in [3.8, 4) is 5.75 Å². The minimum atomic E-state index is -0.722. The van der Waals surface area contributed by atoms with E-state index in [2.05, 4.69) is 22.0 Å². The SMILES string of the molecule is CNC(=O)[C@H]1CN(CC(=O)NC(=O)NCCC2=CCCCC2)c2ccccc2O1. The first-order valence-electron chi connectivity index (χ1n) is 10.0. The highest BCUT2D eigenvalue weighted by molar-refractivity contribution is 5.97. The molecule has 0 unspecified atom stereocenters. The molecule has 0 radical (unpaired) electrons. The minimum Gasteiger partial charge on any atom is -0.477 e. The van der Waals surface area contributed by atoms with Gasteiger partial charge in [-0.15, -0.1) is 0 Å². The molecule has 1 aliphatic carbocycles. The van der Waals surface area contributed by atoms with Gasteiger partial charge in [0.2, 0.25) is 5.91 Å². The molecule has 0 aromatic heterocycles. The van der Waals surface area contributed by atoms with Crippen LogP contribution in [0.3, 0.4) is 0 Å². The fourth-order valence-corrected chi connectivity index (χ4v) is 3.61. The fourth-order valence-electron chi connectivity index (χ4n) is 3.61. The number of anilines is 1. The van der Waals surface area contributed by atoms with E-state index in [0.717, 1.165) is 19.3 Å². The molecule has 8 heteroatoms. The summed E-state index contributed by atoms with van der Waals surface area (Å²) in [6, 6.07) is 6.71. The lowest BCUT2D eigenvalue weighted by molar-refractivity contribution is -0.127. The summed E-state index contributed by atoms with van der Waals surface area (Å²) < 4.78 is 5.72. The normalized spacial score (nSPS) is 18.0. The first-order valence-corrected chi connectivity index (χ1v) is 10.0. The number of nitrogens with one attached hydrogen (secondary N) is 3. The molecular formula is C21H28N4O4. The number of fused-ring (bicyclic) bond motifs is 1. The van der Waals surface area contributed by atoms with Gasteiger partial charge in [-0.2, -0.15) is 0 Å². The van der Waals surface area contributed by atoms with Crippen LogP contribution in [0.2, 0.25) is 0 Å². The Balaban J connectivity index is 1.51. The van der Waals surface area contributed by atoms with Crippen LogP contribution in [-0.4, -0.2) is 50.6 Å². The van der Waals surface area contributed by atoms with Crippen molar-refractivity contribution in [2.24, 2.45) is 0 Å². The molecule has 1 aliphatic heterocycles. The molecule has 1 aromatic carbocycles. The number of ether oxygens (including phenoxy) is 1. The largest absolute Gasteiger partial charge is 0.477 e. The molecule has 1 aromatic rings. The van der Waals surface area contributed by atoms with E-state index in [-0.39, 0.29) is 19.0 Å². The molecule has 2 aliphatic rings. The number of allylic oxidation sites excluding steroid dienone is 1. The summed E-state index contributed by atoms with van der Waals surface area (Å²) in [5.74, 6) is -0.170. The Kier molecular flexibility index (Phi) is 7.10. The molecule has 156 valence electrons. The number of imide groups is 1. The summed E-state index contributed by atoms with van der Waals surface area (Å²) in [6.07, 6.45) is 6.97. The molecule has 1 atom stereocenters. The van der Waals surface area contributed by atoms with Crippen molar-refractivity contribution in [3.05, 3.63) is 35.9 Å². The van der Waals surface area contributed by atoms with E-state index < -0.39 is 18.0 Å². The van der Waals surface area contributed by atoms with Crippen LogP contribution in [0.5, 0.6) is 5.75 Å². The number of urea groups is 1. The zero-order valence-corrected chi connectivity index (χ0v) is 16.7. The molecule has 0 bridgehead atoms. The molecule has 8 nitrogen and oxygen atoms in total. The molecule has 0 spiro atoms. The van der Waals surface area contributed by atoms with Gasteiger partial charge in [0.15, 0.2) is 6.10 Å². The zero-order valence-electron chi connectivity index (χ0n) is 16.7. The second kappa shape index (κ2) is 9.95. The summed E-state index contributed by atoms with van der Waals surface area (Å²) in [4.78, 5) is 38.2. The Hall–Kier alpha value is -3.03. The van der Waals surface area contributed by atoms with Crippen molar-refractivity contribution in [3.63, 3.8) is 0 Å². The molecule has 1 heterocycles. The minimum absolute atomic E-state index is 0.0492. The average Bonchev–Trinajstić information content (AvgIpc) is 2.73. The maximum absolute atomic E-state index is 12.4. The fraction of sp³-hybridized carbons (Fsp3) is 0.476. The third-order valence-corrected chi connectivity index (χ3v) is 5.10. The van der Waals surface area contributed by atoms with Crippen molar-refractivity contribution in [2.45, 2.75) is 38.2 Å². The topological polar surface area (TPSA) is 99.8 Å². The number of nitrogens with zero attached hydrogens (tertiary/aromatic N) is 1. The Morgan fingerprint density at radius 1 is 1.21 bits per heavy atom. The quantitative estimate of drug-likeness (QED) is 0.632. The van der Waals surface area contributed by atoms with Crippen LogP contribution in [0.4, 0.5) is 10.5 Å². The number of amides is 4. The van der Waals surface area contributed by atoms with Crippen LogP contribution in [0, 0.1) is 0 Å². The molecular weight excluding hydrogens is 372 g/mol. The highest BCUT2D eigenvalue weighted by Gasteiger charge is 2.31. The Morgan fingerprint density at radius 2 is 2.03 bits per heavy atom. The highest BCUT2D eigenvalue weighted by atomic mass is 16.5. The van der Waals surface area contributed by atoms with E-state index in [1.807, 2.05) is 12.1 Å². The zero-order chi connectivity index (χ0) is 20.6. The van der Waals surface area contributed by atoms with E-state index in [0.29, 0.717) is 18.0 Å². The molecule has 0 saturated heterocycles. The molecule has 4 amide bonds. The van der Waals surface area contributed by atoms with Crippen LogP contribution in [-0.2, 0) is 9.59 Å². The lowest BCUT2D eigenvalue weighted by Gasteiger charge is -2.34. The second-order valence-electron chi connectivity index (χ2n) is 7.23. The van der Waals surface area contributed by atoms with Crippen LogP contribution < -0.4 is 25.6 Å². The average molecular weight is 400 g/mol. The number of carbonyl (C=O) groups is 3. The van der Waals surface area contributed by atoms with Gasteiger partial charge >= 0.3 is 6.03 Å². The number of para-hydroxylation sites is 2. The van der Waals surface area contributed by atoms with E-state index in [1.165, 1.54) is 25.5 Å². The number of carbonyl (C=O) groups excluding carboxylic acids is 3. The second-order valence-corrected chi connectivity index (χ2v) is 7.23. The van der Waals surface area contributed by atoms with Crippen molar-refractivity contribution >= 4 is 23.5 Å². The molecule has 0 fully saturated rings. The lowest BCUT2D eigenvalue weighted by atomic mass is 9.97.